The van der Waals surface area contributed by atoms with Crippen LogP contribution in [0, 0.1) is 0 Å². The first kappa shape index (κ1) is 15.2. The molecule has 0 aliphatic carbocycles. The molecule has 1 N–H and O–H groups in total. The SMILES string of the molecule is CCOc1ccc(-c2cccc(C(=O)O)c2OC)c(Cl)c1. The van der Waals surface area contributed by atoms with Crippen LogP contribution >= 0.6 is 11.6 Å². The second kappa shape index (κ2) is 6.50. The standard InChI is InChI=1S/C16H15ClO4/c1-3-21-10-7-8-11(14(17)9-10)12-5-4-6-13(16(18)19)15(12)20-2/h4-9H,3H2,1-2H3,(H,18,19). The van der Waals surface area contributed by atoms with E-state index in [-0.39, 0.29) is 11.3 Å². The molecule has 2 rings (SSSR count). The Labute approximate surface area is 127 Å². The molecule has 0 aromatic heterocycles. The predicted molar refractivity (Wildman–Crippen MR) is 81.6 cm³/mol. The number of carboxylic acid groups (broad SMARTS) is 1. The summed E-state index contributed by atoms with van der Waals surface area (Å²) in [6.07, 6.45) is 0. The zero-order valence-corrected chi connectivity index (χ0v) is 12.5. The summed E-state index contributed by atoms with van der Waals surface area (Å²) in [6, 6.07) is 10.2. The van der Waals surface area contributed by atoms with Gasteiger partial charge in [0.1, 0.15) is 17.1 Å². The number of carboxylic acids is 1. The molecule has 0 unspecified atom stereocenters. The molecular formula is C16H15ClO4. The average Bonchev–Trinajstić information content (AvgIpc) is 2.47. The molecule has 0 aliphatic heterocycles. The normalized spacial score (nSPS) is 10.2. The fourth-order valence-electron chi connectivity index (χ4n) is 2.11. The van der Waals surface area contributed by atoms with E-state index in [4.69, 9.17) is 21.1 Å². The number of methoxy groups -OCH3 is 1. The highest BCUT2D eigenvalue weighted by molar-refractivity contribution is 6.33. The number of hydrogen-bond acceptors (Lipinski definition) is 3. The molecule has 0 atom stereocenters. The fourth-order valence-corrected chi connectivity index (χ4v) is 2.38. The number of halogens is 1. The highest BCUT2D eigenvalue weighted by atomic mass is 35.5. The lowest BCUT2D eigenvalue weighted by atomic mass is 10.0. The summed E-state index contributed by atoms with van der Waals surface area (Å²) in [7, 11) is 1.44. The van der Waals surface area contributed by atoms with Gasteiger partial charge in [0, 0.05) is 11.1 Å². The van der Waals surface area contributed by atoms with Gasteiger partial charge in [0.25, 0.3) is 0 Å². The van der Waals surface area contributed by atoms with E-state index in [1.165, 1.54) is 13.2 Å². The Morgan fingerprint density at radius 3 is 2.57 bits per heavy atom. The van der Waals surface area contributed by atoms with Crippen LogP contribution in [0.4, 0.5) is 0 Å². The lowest BCUT2D eigenvalue weighted by Crippen LogP contribution is -2.02. The molecular weight excluding hydrogens is 292 g/mol. The Hall–Kier alpha value is -2.20. The molecule has 4 nitrogen and oxygen atoms in total. The van der Waals surface area contributed by atoms with Crippen LogP contribution in [-0.4, -0.2) is 24.8 Å². The zero-order valence-electron chi connectivity index (χ0n) is 11.7. The first-order chi connectivity index (χ1) is 10.1. The molecule has 2 aromatic rings. The van der Waals surface area contributed by atoms with Crippen molar-refractivity contribution in [1.82, 2.24) is 0 Å². The molecule has 0 spiro atoms. The number of ether oxygens (including phenoxy) is 2. The van der Waals surface area contributed by atoms with Gasteiger partial charge in [-0.05, 0) is 31.2 Å². The van der Waals surface area contributed by atoms with Gasteiger partial charge in [-0.1, -0.05) is 23.7 Å². The number of aromatic carboxylic acids is 1. The number of rotatable bonds is 5. The Bertz CT molecular complexity index is 667. The Morgan fingerprint density at radius 1 is 1.24 bits per heavy atom. The van der Waals surface area contributed by atoms with Crippen LogP contribution in [0.5, 0.6) is 11.5 Å². The minimum absolute atomic E-state index is 0.0972. The van der Waals surface area contributed by atoms with Gasteiger partial charge in [-0.25, -0.2) is 4.79 Å². The summed E-state index contributed by atoms with van der Waals surface area (Å²) in [5.74, 6) is -0.0913. The van der Waals surface area contributed by atoms with Crippen LogP contribution < -0.4 is 9.47 Å². The minimum Gasteiger partial charge on any atom is -0.495 e. The highest BCUT2D eigenvalue weighted by Crippen LogP contribution is 2.38. The summed E-state index contributed by atoms with van der Waals surface area (Å²) < 4.78 is 10.6. The summed E-state index contributed by atoms with van der Waals surface area (Å²) in [4.78, 5) is 11.3. The molecule has 0 radical (unpaired) electrons. The lowest BCUT2D eigenvalue weighted by molar-refractivity contribution is 0.0693. The van der Waals surface area contributed by atoms with Crippen molar-refractivity contribution in [3.8, 4) is 22.6 Å². The van der Waals surface area contributed by atoms with E-state index in [1.807, 2.05) is 6.92 Å². The van der Waals surface area contributed by atoms with Crippen molar-refractivity contribution in [2.45, 2.75) is 6.92 Å². The van der Waals surface area contributed by atoms with Crippen LogP contribution in [0.3, 0.4) is 0 Å². The third kappa shape index (κ3) is 3.11. The van der Waals surface area contributed by atoms with Crippen LogP contribution in [0.25, 0.3) is 11.1 Å². The molecule has 2 aromatic carbocycles. The Morgan fingerprint density at radius 2 is 2.00 bits per heavy atom. The minimum atomic E-state index is -1.05. The van der Waals surface area contributed by atoms with E-state index < -0.39 is 5.97 Å². The van der Waals surface area contributed by atoms with E-state index in [9.17, 15) is 9.90 Å². The highest BCUT2D eigenvalue weighted by Gasteiger charge is 2.17. The molecule has 5 heteroatoms. The molecule has 0 saturated carbocycles. The quantitative estimate of drug-likeness (QED) is 0.903. The topological polar surface area (TPSA) is 55.8 Å². The molecule has 0 fully saturated rings. The molecule has 0 saturated heterocycles. The molecule has 21 heavy (non-hydrogen) atoms. The molecule has 0 aliphatic rings. The Balaban J connectivity index is 2.56. The average molecular weight is 307 g/mol. The number of hydrogen-bond donors (Lipinski definition) is 1. The maximum absolute atomic E-state index is 11.3. The second-order valence-electron chi connectivity index (χ2n) is 4.27. The van der Waals surface area contributed by atoms with Crippen molar-refractivity contribution in [2.75, 3.05) is 13.7 Å². The third-order valence-electron chi connectivity index (χ3n) is 2.99. The Kier molecular flexibility index (Phi) is 4.70. The molecule has 110 valence electrons. The van der Waals surface area contributed by atoms with Gasteiger partial charge in [-0.15, -0.1) is 0 Å². The maximum Gasteiger partial charge on any atom is 0.339 e. The van der Waals surface area contributed by atoms with Gasteiger partial charge >= 0.3 is 5.97 Å². The van der Waals surface area contributed by atoms with Crippen LogP contribution in [0.15, 0.2) is 36.4 Å². The van der Waals surface area contributed by atoms with Crippen molar-refractivity contribution in [2.24, 2.45) is 0 Å². The molecule has 0 heterocycles. The third-order valence-corrected chi connectivity index (χ3v) is 3.30. The summed E-state index contributed by atoms with van der Waals surface area (Å²) in [6.45, 7) is 2.44. The second-order valence-corrected chi connectivity index (χ2v) is 4.67. The summed E-state index contributed by atoms with van der Waals surface area (Å²) >= 11 is 6.28. The van der Waals surface area contributed by atoms with Gasteiger partial charge in [0.15, 0.2) is 0 Å². The van der Waals surface area contributed by atoms with Gasteiger partial charge in [0.2, 0.25) is 0 Å². The summed E-state index contributed by atoms with van der Waals surface area (Å²) in [5, 5.41) is 9.69. The van der Waals surface area contributed by atoms with Crippen LogP contribution in [0.1, 0.15) is 17.3 Å². The monoisotopic (exact) mass is 306 g/mol. The lowest BCUT2D eigenvalue weighted by Gasteiger charge is -2.13. The van der Waals surface area contributed by atoms with Gasteiger partial charge in [-0.2, -0.15) is 0 Å². The van der Waals surface area contributed by atoms with Crippen LogP contribution in [0.2, 0.25) is 5.02 Å². The maximum atomic E-state index is 11.3. The van der Waals surface area contributed by atoms with Gasteiger partial charge in [-0.3, -0.25) is 0 Å². The molecule has 0 bridgehead atoms. The van der Waals surface area contributed by atoms with Crippen molar-refractivity contribution < 1.29 is 19.4 Å². The summed E-state index contributed by atoms with van der Waals surface area (Å²) in [5.41, 5.74) is 1.42. The van der Waals surface area contributed by atoms with E-state index >= 15 is 0 Å². The zero-order chi connectivity index (χ0) is 15.4. The van der Waals surface area contributed by atoms with Gasteiger partial charge < -0.3 is 14.6 Å². The van der Waals surface area contributed by atoms with Crippen molar-refractivity contribution >= 4 is 17.6 Å². The van der Waals surface area contributed by atoms with Crippen molar-refractivity contribution in [3.63, 3.8) is 0 Å². The molecule has 0 amide bonds. The smallest absolute Gasteiger partial charge is 0.339 e. The van der Waals surface area contributed by atoms with E-state index in [1.54, 1.807) is 30.3 Å². The van der Waals surface area contributed by atoms with E-state index in [2.05, 4.69) is 0 Å². The van der Waals surface area contributed by atoms with E-state index in [0.717, 1.165) is 0 Å². The predicted octanol–water partition coefficient (Wildman–Crippen LogP) is 4.11. The van der Waals surface area contributed by atoms with Crippen molar-refractivity contribution in [1.29, 1.82) is 0 Å². The van der Waals surface area contributed by atoms with Gasteiger partial charge in [0.05, 0.1) is 18.7 Å². The first-order valence-electron chi connectivity index (χ1n) is 6.41. The number of benzene rings is 2. The largest absolute Gasteiger partial charge is 0.495 e. The first-order valence-corrected chi connectivity index (χ1v) is 6.79. The van der Waals surface area contributed by atoms with Crippen LogP contribution in [-0.2, 0) is 0 Å². The number of para-hydroxylation sites is 1. The number of carbonyl (C=O) groups is 1. The fraction of sp³-hybridized carbons (Fsp3) is 0.188. The van der Waals surface area contributed by atoms with E-state index in [0.29, 0.717) is 28.5 Å². The van der Waals surface area contributed by atoms with Crippen molar-refractivity contribution in [3.05, 3.63) is 47.0 Å².